The molecule has 0 saturated carbocycles. The number of aliphatic hydroxyl groups is 1. The van der Waals surface area contributed by atoms with Crippen molar-refractivity contribution in [1.82, 2.24) is 8.61 Å². The van der Waals surface area contributed by atoms with Crippen molar-refractivity contribution in [2.45, 2.75) is 35.8 Å². The lowest BCUT2D eigenvalue weighted by Crippen LogP contribution is -2.50. The zero-order valence-electron chi connectivity index (χ0n) is 21.4. The van der Waals surface area contributed by atoms with Crippen LogP contribution in [0.1, 0.15) is 13.8 Å². The third-order valence-corrected chi connectivity index (χ3v) is 10.6. The van der Waals surface area contributed by atoms with Gasteiger partial charge in [-0.2, -0.15) is 8.61 Å². The van der Waals surface area contributed by atoms with Crippen molar-refractivity contribution in [2.24, 2.45) is 5.92 Å². The summed E-state index contributed by atoms with van der Waals surface area (Å²) in [5.41, 5.74) is 1.07. The van der Waals surface area contributed by atoms with E-state index < -0.39 is 50.5 Å². The Morgan fingerprint density at radius 1 is 1.08 bits per heavy atom. The van der Waals surface area contributed by atoms with E-state index in [1.165, 1.54) is 52.1 Å². The monoisotopic (exact) mass is 562 g/mol. The van der Waals surface area contributed by atoms with Gasteiger partial charge in [0.15, 0.2) is 0 Å². The van der Waals surface area contributed by atoms with Gasteiger partial charge in [0.1, 0.15) is 22.6 Å². The average Bonchev–Trinajstić information content (AvgIpc) is 2.90. The van der Waals surface area contributed by atoms with E-state index in [4.69, 9.17) is 4.74 Å². The predicted octanol–water partition coefficient (Wildman–Crippen LogP) is 3.58. The van der Waals surface area contributed by atoms with Gasteiger partial charge >= 0.3 is 0 Å². The first kappa shape index (κ1) is 28.2. The molecule has 1 aliphatic rings. The van der Waals surface area contributed by atoms with Gasteiger partial charge < -0.3 is 9.84 Å². The lowest BCUT2D eigenvalue weighted by atomic mass is 10.0. The summed E-state index contributed by atoms with van der Waals surface area (Å²) in [7, 11) is -6.46. The molecule has 11 heteroatoms. The molecule has 0 aliphatic carbocycles. The van der Waals surface area contributed by atoms with Crippen LogP contribution in [0.25, 0.3) is 11.1 Å². The molecule has 0 unspecified atom stereocenters. The molecular formula is C27H31FN2O6S2. The maximum absolute atomic E-state index is 13.9. The van der Waals surface area contributed by atoms with E-state index in [0.717, 1.165) is 0 Å². The summed E-state index contributed by atoms with van der Waals surface area (Å²) in [6, 6.07) is 17.7. The van der Waals surface area contributed by atoms with Crippen molar-refractivity contribution in [3.63, 3.8) is 0 Å². The summed E-state index contributed by atoms with van der Waals surface area (Å²) in [6.07, 6.45) is -0.733. The minimum atomic E-state index is -4.07. The first-order valence-corrected chi connectivity index (χ1v) is 15.0. The van der Waals surface area contributed by atoms with Crippen LogP contribution in [0.2, 0.25) is 0 Å². The fraction of sp³-hybridized carbons (Fsp3) is 0.333. The van der Waals surface area contributed by atoms with Gasteiger partial charge in [-0.1, -0.05) is 43.3 Å². The molecule has 0 saturated heterocycles. The van der Waals surface area contributed by atoms with Crippen LogP contribution in [0.5, 0.6) is 5.75 Å². The second-order valence-corrected chi connectivity index (χ2v) is 13.4. The minimum absolute atomic E-state index is 0.0129. The Hall–Kier alpha value is -2.83. The fourth-order valence-corrected chi connectivity index (χ4v) is 7.44. The number of rotatable bonds is 7. The van der Waals surface area contributed by atoms with Crippen LogP contribution in [0, 0.1) is 11.7 Å². The van der Waals surface area contributed by atoms with E-state index in [2.05, 4.69) is 0 Å². The minimum Gasteiger partial charge on any atom is -0.487 e. The Morgan fingerprint density at radius 3 is 2.42 bits per heavy atom. The fourth-order valence-electron chi connectivity index (χ4n) is 4.42. The Morgan fingerprint density at radius 2 is 1.76 bits per heavy atom. The molecule has 4 rings (SSSR count). The highest BCUT2D eigenvalue weighted by Gasteiger charge is 2.39. The number of halogens is 1. The molecular weight excluding hydrogens is 531 g/mol. The zero-order valence-corrected chi connectivity index (χ0v) is 23.0. The van der Waals surface area contributed by atoms with Crippen molar-refractivity contribution in [3.05, 3.63) is 78.6 Å². The van der Waals surface area contributed by atoms with E-state index in [-0.39, 0.29) is 28.6 Å². The number of likely N-dealkylation sites (N-methyl/N-ethyl adjacent to an activating group) is 1. The third-order valence-electron chi connectivity index (χ3n) is 6.71. The number of aliphatic hydroxyl groups excluding tert-OH is 1. The van der Waals surface area contributed by atoms with Crippen LogP contribution in [0.4, 0.5) is 4.39 Å². The number of ether oxygens (including phenoxy) is 1. The molecule has 1 aliphatic heterocycles. The molecule has 0 fully saturated rings. The quantitative estimate of drug-likeness (QED) is 0.472. The van der Waals surface area contributed by atoms with E-state index in [9.17, 15) is 26.3 Å². The first-order chi connectivity index (χ1) is 17.9. The zero-order chi connectivity index (χ0) is 27.7. The van der Waals surface area contributed by atoms with Gasteiger partial charge in [0.2, 0.25) is 20.0 Å². The molecule has 0 radical (unpaired) electrons. The summed E-state index contributed by atoms with van der Waals surface area (Å²) in [4.78, 5) is 0.0244. The highest BCUT2D eigenvalue weighted by Crippen LogP contribution is 2.37. The molecule has 0 amide bonds. The van der Waals surface area contributed by atoms with E-state index in [0.29, 0.717) is 11.1 Å². The molecule has 3 aromatic rings. The van der Waals surface area contributed by atoms with Crippen LogP contribution < -0.4 is 4.74 Å². The maximum atomic E-state index is 13.9. The number of hydrogen-bond acceptors (Lipinski definition) is 6. The number of fused-ring (bicyclic) bond motifs is 1. The van der Waals surface area contributed by atoms with Gasteiger partial charge in [-0.15, -0.1) is 0 Å². The van der Waals surface area contributed by atoms with Crippen molar-refractivity contribution in [2.75, 3.05) is 26.7 Å². The van der Waals surface area contributed by atoms with Gasteiger partial charge in [-0.25, -0.2) is 21.2 Å². The molecule has 3 aromatic carbocycles. The smallest absolute Gasteiger partial charge is 0.247 e. The molecule has 3 atom stereocenters. The Kier molecular flexibility index (Phi) is 8.24. The molecule has 0 aromatic heterocycles. The van der Waals surface area contributed by atoms with Gasteiger partial charge in [-0.05, 0) is 54.4 Å². The summed E-state index contributed by atoms with van der Waals surface area (Å²) >= 11 is 0. The van der Waals surface area contributed by atoms with Gasteiger partial charge in [0, 0.05) is 25.6 Å². The second-order valence-electron chi connectivity index (χ2n) is 9.51. The van der Waals surface area contributed by atoms with Gasteiger partial charge in [0.25, 0.3) is 0 Å². The van der Waals surface area contributed by atoms with Crippen molar-refractivity contribution in [3.8, 4) is 16.9 Å². The number of hydrogen-bond donors (Lipinski definition) is 1. The average molecular weight is 563 g/mol. The normalized spacial score (nSPS) is 20.7. The summed E-state index contributed by atoms with van der Waals surface area (Å²) < 4.78 is 76.3. The largest absolute Gasteiger partial charge is 0.487 e. The number of benzene rings is 3. The van der Waals surface area contributed by atoms with E-state index >= 15 is 0 Å². The molecule has 0 bridgehead atoms. The topological polar surface area (TPSA) is 104 Å². The van der Waals surface area contributed by atoms with Crippen LogP contribution in [0.3, 0.4) is 0 Å². The maximum Gasteiger partial charge on any atom is 0.247 e. The van der Waals surface area contributed by atoms with Gasteiger partial charge in [-0.3, -0.25) is 0 Å². The SMILES string of the molecule is C[C@@H]1CN([C@@H](C)CO)S(=O)(=O)c2ccc(-c3cccc(F)c3)cc2O[C@@H]1CN(C)S(=O)(=O)c1ccccc1. The number of sulfonamides is 2. The number of nitrogens with zero attached hydrogens (tertiary/aromatic N) is 2. The lowest BCUT2D eigenvalue weighted by molar-refractivity contribution is 0.0905. The van der Waals surface area contributed by atoms with E-state index in [1.54, 1.807) is 50.2 Å². The Balaban J connectivity index is 1.78. The Bertz CT molecular complexity index is 1500. The second kappa shape index (κ2) is 11.1. The molecule has 1 N–H and O–H groups in total. The summed E-state index contributed by atoms with van der Waals surface area (Å²) in [6.45, 7) is 2.95. The van der Waals surface area contributed by atoms with Crippen LogP contribution in [-0.2, 0) is 20.0 Å². The first-order valence-electron chi connectivity index (χ1n) is 12.2. The Labute approximate surface area is 223 Å². The molecule has 204 valence electrons. The van der Waals surface area contributed by atoms with Crippen molar-refractivity contribution < 1.29 is 31.1 Å². The highest BCUT2D eigenvalue weighted by atomic mass is 32.2. The standard InChI is InChI=1S/C27H31FN2O6S2/c1-19-16-30(20(2)18-31)38(34,35)27-13-12-22(21-8-7-9-23(28)14-21)15-25(27)36-26(19)17-29(3)37(32,33)24-10-5-4-6-11-24/h4-15,19-20,26,31H,16-18H2,1-3H3/t19-,20+,26-/m1/s1. The molecule has 38 heavy (non-hydrogen) atoms. The van der Waals surface area contributed by atoms with E-state index in [1.807, 2.05) is 0 Å². The molecule has 1 heterocycles. The van der Waals surface area contributed by atoms with Crippen LogP contribution >= 0.6 is 0 Å². The lowest BCUT2D eigenvalue weighted by Gasteiger charge is -2.37. The molecule has 8 nitrogen and oxygen atoms in total. The van der Waals surface area contributed by atoms with Gasteiger partial charge in [0.05, 0.1) is 18.0 Å². The highest BCUT2D eigenvalue weighted by molar-refractivity contribution is 7.89. The summed E-state index contributed by atoms with van der Waals surface area (Å²) in [5, 5.41) is 9.82. The van der Waals surface area contributed by atoms with Crippen molar-refractivity contribution >= 4 is 20.0 Å². The third kappa shape index (κ3) is 5.62. The predicted molar refractivity (Wildman–Crippen MR) is 142 cm³/mol. The van der Waals surface area contributed by atoms with Crippen LogP contribution in [0.15, 0.2) is 82.6 Å². The molecule has 0 spiro atoms. The van der Waals surface area contributed by atoms with Crippen LogP contribution in [-0.4, -0.2) is 69.4 Å². The van der Waals surface area contributed by atoms with Crippen molar-refractivity contribution in [1.29, 1.82) is 0 Å². The summed E-state index contributed by atoms with van der Waals surface area (Å²) in [5.74, 6) is -0.855.